The normalized spacial score (nSPS) is 19.9. The van der Waals surface area contributed by atoms with Crippen molar-refractivity contribution >= 4 is 21.8 Å². The molecule has 2 saturated carbocycles. The number of ether oxygens (including phenoxy) is 1. The molecule has 0 saturated heterocycles. The third kappa shape index (κ3) is 4.53. The van der Waals surface area contributed by atoms with Crippen LogP contribution in [-0.2, 0) is 4.79 Å². The van der Waals surface area contributed by atoms with Crippen LogP contribution < -0.4 is 4.74 Å². The molecule has 2 fully saturated rings. The van der Waals surface area contributed by atoms with Crippen LogP contribution in [0.4, 0.5) is 0 Å². The van der Waals surface area contributed by atoms with Gasteiger partial charge < -0.3 is 9.64 Å². The SMILES string of the molecule is O=C(COc1ccccc1Br)N(C1CCCCC1)C1CCCCC1. The van der Waals surface area contributed by atoms with E-state index >= 15 is 0 Å². The van der Waals surface area contributed by atoms with E-state index in [1.165, 1.54) is 38.5 Å². The minimum absolute atomic E-state index is 0.148. The molecule has 0 heterocycles. The molecule has 1 amide bonds. The molecule has 0 atom stereocenters. The number of hydrogen-bond acceptors (Lipinski definition) is 2. The lowest BCUT2D eigenvalue weighted by Gasteiger charge is -2.41. The zero-order valence-corrected chi connectivity index (χ0v) is 16.0. The first kappa shape index (κ1) is 17.8. The number of rotatable bonds is 5. The summed E-state index contributed by atoms with van der Waals surface area (Å²) < 4.78 is 6.73. The number of benzene rings is 1. The Morgan fingerprint density at radius 1 is 0.958 bits per heavy atom. The summed E-state index contributed by atoms with van der Waals surface area (Å²) in [4.78, 5) is 15.2. The first-order valence-electron chi connectivity index (χ1n) is 9.44. The number of hydrogen-bond donors (Lipinski definition) is 0. The fourth-order valence-electron chi connectivity index (χ4n) is 4.20. The Bertz CT molecular complexity index is 518. The zero-order chi connectivity index (χ0) is 16.8. The average Bonchev–Trinajstić information content (AvgIpc) is 2.63. The second-order valence-corrected chi connectivity index (χ2v) is 7.96. The summed E-state index contributed by atoms with van der Waals surface area (Å²) in [6.45, 7) is 0.148. The van der Waals surface area contributed by atoms with Crippen LogP contribution in [0.3, 0.4) is 0 Å². The second-order valence-electron chi connectivity index (χ2n) is 7.10. The largest absolute Gasteiger partial charge is 0.483 e. The number of carbonyl (C=O) groups is 1. The smallest absolute Gasteiger partial charge is 0.261 e. The van der Waals surface area contributed by atoms with Gasteiger partial charge in [0.05, 0.1) is 4.47 Å². The molecule has 24 heavy (non-hydrogen) atoms. The van der Waals surface area contributed by atoms with Gasteiger partial charge in [0.1, 0.15) is 5.75 Å². The van der Waals surface area contributed by atoms with Gasteiger partial charge in [-0.1, -0.05) is 50.7 Å². The maximum absolute atomic E-state index is 13.0. The van der Waals surface area contributed by atoms with Gasteiger partial charge >= 0.3 is 0 Å². The van der Waals surface area contributed by atoms with Gasteiger partial charge in [-0.15, -0.1) is 0 Å². The molecule has 0 aromatic heterocycles. The highest BCUT2D eigenvalue weighted by Gasteiger charge is 2.32. The predicted molar refractivity (Wildman–Crippen MR) is 100 cm³/mol. The van der Waals surface area contributed by atoms with Crippen molar-refractivity contribution in [3.63, 3.8) is 0 Å². The number of amides is 1. The van der Waals surface area contributed by atoms with Gasteiger partial charge in [0.25, 0.3) is 5.91 Å². The first-order valence-corrected chi connectivity index (χ1v) is 10.2. The zero-order valence-electron chi connectivity index (χ0n) is 14.4. The molecule has 0 aliphatic heterocycles. The molecule has 1 aromatic rings. The average molecular weight is 394 g/mol. The highest BCUT2D eigenvalue weighted by molar-refractivity contribution is 9.10. The van der Waals surface area contributed by atoms with Gasteiger partial charge in [-0.2, -0.15) is 0 Å². The van der Waals surface area contributed by atoms with Crippen molar-refractivity contribution in [2.45, 2.75) is 76.3 Å². The first-order chi connectivity index (χ1) is 11.8. The van der Waals surface area contributed by atoms with Crippen LogP contribution in [0.25, 0.3) is 0 Å². The van der Waals surface area contributed by atoms with Crippen LogP contribution in [0.2, 0.25) is 0 Å². The summed E-state index contributed by atoms with van der Waals surface area (Å²) in [5, 5.41) is 0. The Labute approximate surface area is 153 Å². The Morgan fingerprint density at radius 2 is 1.50 bits per heavy atom. The highest BCUT2D eigenvalue weighted by atomic mass is 79.9. The number of carbonyl (C=O) groups excluding carboxylic acids is 1. The molecule has 0 N–H and O–H groups in total. The molecule has 0 unspecified atom stereocenters. The van der Waals surface area contributed by atoms with E-state index in [2.05, 4.69) is 20.8 Å². The monoisotopic (exact) mass is 393 g/mol. The third-order valence-electron chi connectivity index (χ3n) is 5.41. The van der Waals surface area contributed by atoms with E-state index in [0.29, 0.717) is 12.1 Å². The summed E-state index contributed by atoms with van der Waals surface area (Å²) in [5.74, 6) is 0.919. The molecule has 3 nitrogen and oxygen atoms in total. The van der Waals surface area contributed by atoms with Crippen molar-refractivity contribution in [2.24, 2.45) is 0 Å². The number of halogens is 1. The second kappa shape index (κ2) is 8.89. The molecule has 0 spiro atoms. The van der Waals surface area contributed by atoms with E-state index < -0.39 is 0 Å². The molecule has 0 radical (unpaired) electrons. The van der Waals surface area contributed by atoms with Crippen LogP contribution in [0.1, 0.15) is 64.2 Å². The van der Waals surface area contributed by atoms with E-state index in [4.69, 9.17) is 4.74 Å². The van der Waals surface area contributed by atoms with E-state index in [-0.39, 0.29) is 12.5 Å². The molecule has 3 rings (SSSR count). The highest BCUT2D eigenvalue weighted by Crippen LogP contribution is 2.31. The van der Waals surface area contributed by atoms with Gasteiger partial charge in [-0.25, -0.2) is 0 Å². The van der Waals surface area contributed by atoms with Gasteiger partial charge in [-0.3, -0.25) is 4.79 Å². The minimum Gasteiger partial charge on any atom is -0.483 e. The van der Waals surface area contributed by atoms with Crippen LogP contribution >= 0.6 is 15.9 Å². The van der Waals surface area contributed by atoms with Crippen LogP contribution in [-0.4, -0.2) is 29.5 Å². The Kier molecular flexibility index (Phi) is 6.59. The third-order valence-corrected chi connectivity index (χ3v) is 6.07. The standard InChI is InChI=1S/C20H28BrNO2/c21-18-13-7-8-14-19(18)24-15-20(23)22(16-9-3-1-4-10-16)17-11-5-2-6-12-17/h7-8,13-14,16-17H,1-6,9-12,15H2. The maximum Gasteiger partial charge on any atom is 0.261 e. The van der Waals surface area contributed by atoms with E-state index in [1.54, 1.807) is 0 Å². The van der Waals surface area contributed by atoms with Crippen molar-refractivity contribution < 1.29 is 9.53 Å². The minimum atomic E-state index is 0.148. The Hall–Kier alpha value is -1.03. The van der Waals surface area contributed by atoms with Crippen LogP contribution in [0.15, 0.2) is 28.7 Å². The van der Waals surface area contributed by atoms with Crippen molar-refractivity contribution in [1.82, 2.24) is 4.90 Å². The molecule has 1 aromatic carbocycles. The summed E-state index contributed by atoms with van der Waals surface area (Å²) in [6.07, 6.45) is 12.3. The summed E-state index contributed by atoms with van der Waals surface area (Å²) >= 11 is 3.49. The number of para-hydroxylation sites is 1. The lowest BCUT2D eigenvalue weighted by Crippen LogP contribution is -2.50. The molecular weight excluding hydrogens is 366 g/mol. The fraction of sp³-hybridized carbons (Fsp3) is 0.650. The van der Waals surface area contributed by atoms with Gasteiger partial charge in [-0.05, 0) is 53.7 Å². The van der Waals surface area contributed by atoms with Crippen molar-refractivity contribution in [3.05, 3.63) is 28.7 Å². The molecule has 0 bridgehead atoms. The Morgan fingerprint density at radius 3 is 2.04 bits per heavy atom. The lowest BCUT2D eigenvalue weighted by atomic mass is 9.88. The van der Waals surface area contributed by atoms with Crippen molar-refractivity contribution in [1.29, 1.82) is 0 Å². The van der Waals surface area contributed by atoms with E-state index in [9.17, 15) is 4.79 Å². The van der Waals surface area contributed by atoms with Gasteiger partial charge in [0.15, 0.2) is 6.61 Å². The molecular formula is C20H28BrNO2. The predicted octanol–water partition coefficient (Wildman–Crippen LogP) is 5.32. The van der Waals surface area contributed by atoms with Gasteiger partial charge in [0, 0.05) is 12.1 Å². The van der Waals surface area contributed by atoms with Crippen LogP contribution in [0.5, 0.6) is 5.75 Å². The maximum atomic E-state index is 13.0. The Balaban J connectivity index is 1.66. The van der Waals surface area contributed by atoms with Crippen molar-refractivity contribution in [2.75, 3.05) is 6.61 Å². The fourth-order valence-corrected chi connectivity index (χ4v) is 4.60. The number of nitrogens with zero attached hydrogens (tertiary/aromatic N) is 1. The quantitative estimate of drug-likeness (QED) is 0.676. The lowest BCUT2D eigenvalue weighted by molar-refractivity contribution is -0.140. The molecule has 4 heteroatoms. The topological polar surface area (TPSA) is 29.5 Å². The van der Waals surface area contributed by atoms with Crippen molar-refractivity contribution in [3.8, 4) is 5.75 Å². The molecule has 132 valence electrons. The van der Waals surface area contributed by atoms with E-state index in [1.807, 2.05) is 24.3 Å². The summed E-state index contributed by atoms with van der Waals surface area (Å²) in [5.41, 5.74) is 0. The van der Waals surface area contributed by atoms with Crippen LogP contribution in [0, 0.1) is 0 Å². The summed E-state index contributed by atoms with van der Waals surface area (Å²) in [6, 6.07) is 8.59. The molecule has 2 aliphatic rings. The van der Waals surface area contributed by atoms with E-state index in [0.717, 1.165) is 35.9 Å². The molecule has 2 aliphatic carbocycles. The summed E-state index contributed by atoms with van der Waals surface area (Å²) in [7, 11) is 0. The van der Waals surface area contributed by atoms with Gasteiger partial charge in [0.2, 0.25) is 0 Å².